The molecule has 4 aromatic rings. The van der Waals surface area contributed by atoms with E-state index in [1.807, 2.05) is 30.3 Å². The molecule has 3 aromatic heterocycles. The fourth-order valence-corrected chi connectivity index (χ4v) is 2.44. The van der Waals surface area contributed by atoms with E-state index in [9.17, 15) is 9.59 Å². The lowest BCUT2D eigenvalue weighted by atomic mass is 10.2. The predicted octanol–water partition coefficient (Wildman–Crippen LogP) is 1.28. The van der Waals surface area contributed by atoms with Gasteiger partial charge in [0.1, 0.15) is 5.02 Å². The van der Waals surface area contributed by atoms with Crippen molar-refractivity contribution in [2.24, 2.45) is 0 Å². The van der Waals surface area contributed by atoms with Crippen LogP contribution in [0.15, 0.2) is 58.3 Å². The maximum absolute atomic E-state index is 12.0. The smallest absolute Gasteiger partial charge is 0.272 e. The van der Waals surface area contributed by atoms with Gasteiger partial charge in [0.05, 0.1) is 0 Å². The summed E-state index contributed by atoms with van der Waals surface area (Å²) in [5, 5.41) is 12.5. The number of rotatable bonds is 2. The first kappa shape index (κ1) is 14.3. The van der Waals surface area contributed by atoms with Gasteiger partial charge in [0, 0.05) is 11.8 Å². The largest absolute Gasteiger partial charge is 0.334 e. The second-order valence-electron chi connectivity index (χ2n) is 4.96. The van der Waals surface area contributed by atoms with Crippen LogP contribution in [0.5, 0.6) is 0 Å². The number of benzene rings is 1. The number of nitrogens with one attached hydrogen (secondary N) is 1. The topological polar surface area (TPSA) is 97.9 Å². The summed E-state index contributed by atoms with van der Waals surface area (Å²) in [7, 11) is 0. The van der Waals surface area contributed by atoms with Gasteiger partial charge < -0.3 is 0 Å². The minimum absolute atomic E-state index is 0.108. The molecule has 0 unspecified atom stereocenters. The minimum atomic E-state index is -0.645. The molecule has 0 radical (unpaired) electrons. The third-order valence-electron chi connectivity index (χ3n) is 3.43. The number of halogens is 1. The van der Waals surface area contributed by atoms with Crippen molar-refractivity contribution in [2.45, 2.75) is 0 Å². The van der Waals surface area contributed by atoms with Crippen molar-refractivity contribution in [1.29, 1.82) is 0 Å². The Labute approximate surface area is 139 Å². The third kappa shape index (κ3) is 2.29. The van der Waals surface area contributed by atoms with E-state index in [0.29, 0.717) is 11.5 Å². The fraction of sp³-hybridized carbons (Fsp3) is 0. The van der Waals surface area contributed by atoms with Crippen LogP contribution in [0.3, 0.4) is 0 Å². The normalized spacial score (nSPS) is 11.0. The van der Waals surface area contributed by atoms with Crippen molar-refractivity contribution < 1.29 is 0 Å². The van der Waals surface area contributed by atoms with Gasteiger partial charge in [0.25, 0.3) is 5.56 Å². The van der Waals surface area contributed by atoms with Crippen LogP contribution in [0.1, 0.15) is 0 Å². The highest BCUT2D eigenvalue weighted by Gasteiger charge is 2.12. The third-order valence-corrected chi connectivity index (χ3v) is 3.70. The summed E-state index contributed by atoms with van der Waals surface area (Å²) in [6.45, 7) is 0. The van der Waals surface area contributed by atoms with E-state index in [4.69, 9.17) is 11.6 Å². The van der Waals surface area contributed by atoms with Crippen molar-refractivity contribution in [2.75, 3.05) is 0 Å². The van der Waals surface area contributed by atoms with Crippen LogP contribution < -0.4 is 11.2 Å². The molecule has 8 nitrogen and oxygen atoms in total. The Bertz CT molecular complexity index is 1160. The first-order valence-corrected chi connectivity index (χ1v) is 7.31. The van der Waals surface area contributed by atoms with Crippen molar-refractivity contribution in [3.05, 3.63) is 74.5 Å². The van der Waals surface area contributed by atoms with Gasteiger partial charge in [-0.25, -0.2) is 9.36 Å². The maximum Gasteiger partial charge on any atom is 0.334 e. The molecular weight excluding hydrogens is 332 g/mol. The summed E-state index contributed by atoms with van der Waals surface area (Å²) in [6, 6.07) is 12.7. The molecule has 0 fully saturated rings. The Kier molecular flexibility index (Phi) is 3.24. The van der Waals surface area contributed by atoms with Crippen LogP contribution in [0.25, 0.3) is 22.9 Å². The number of hydrogen-bond donors (Lipinski definition) is 1. The second kappa shape index (κ2) is 5.43. The molecule has 0 aliphatic carbocycles. The molecule has 1 N–H and O–H groups in total. The summed E-state index contributed by atoms with van der Waals surface area (Å²) in [5.41, 5.74) is 0.0847. The molecular formula is C15H9ClN6O2. The number of aromatic amines is 1. The number of fused-ring (bicyclic) bond motifs is 1. The number of aromatic nitrogens is 6. The van der Waals surface area contributed by atoms with E-state index in [1.165, 1.54) is 10.7 Å². The lowest BCUT2D eigenvalue weighted by Gasteiger charge is -2.05. The minimum Gasteiger partial charge on any atom is -0.272 e. The highest BCUT2D eigenvalue weighted by molar-refractivity contribution is 6.30. The van der Waals surface area contributed by atoms with E-state index in [-0.39, 0.29) is 10.8 Å². The van der Waals surface area contributed by atoms with Crippen LogP contribution in [-0.2, 0) is 0 Å². The molecule has 0 atom stereocenters. The SMILES string of the molecule is O=c1[nH]c(=O)n(-c2ccc3nnc(-c4ccccc4)n3n2)cc1Cl. The molecule has 0 saturated heterocycles. The van der Waals surface area contributed by atoms with Gasteiger partial charge in [-0.15, -0.1) is 15.3 Å². The number of hydrogen-bond acceptors (Lipinski definition) is 5. The zero-order valence-corrected chi connectivity index (χ0v) is 12.8. The highest BCUT2D eigenvalue weighted by Crippen LogP contribution is 2.17. The summed E-state index contributed by atoms with van der Waals surface area (Å²) in [6.07, 6.45) is 1.23. The first-order valence-electron chi connectivity index (χ1n) is 6.93. The summed E-state index contributed by atoms with van der Waals surface area (Å²) in [4.78, 5) is 25.5. The summed E-state index contributed by atoms with van der Waals surface area (Å²) >= 11 is 5.80. The molecule has 0 saturated carbocycles. The lowest BCUT2D eigenvalue weighted by molar-refractivity contribution is 0.813. The average molecular weight is 341 g/mol. The van der Waals surface area contributed by atoms with Crippen molar-refractivity contribution in [3.63, 3.8) is 0 Å². The van der Waals surface area contributed by atoms with E-state index in [1.54, 1.807) is 12.1 Å². The number of nitrogens with zero attached hydrogens (tertiary/aromatic N) is 5. The highest BCUT2D eigenvalue weighted by atomic mass is 35.5. The van der Waals surface area contributed by atoms with Crippen LogP contribution in [0.4, 0.5) is 0 Å². The average Bonchev–Trinajstić information content (AvgIpc) is 3.02. The van der Waals surface area contributed by atoms with Crippen molar-refractivity contribution >= 4 is 17.2 Å². The maximum atomic E-state index is 12.0. The zero-order valence-electron chi connectivity index (χ0n) is 12.0. The summed E-state index contributed by atoms with van der Waals surface area (Å²) < 4.78 is 2.67. The second-order valence-corrected chi connectivity index (χ2v) is 5.36. The summed E-state index contributed by atoms with van der Waals surface area (Å²) in [5.74, 6) is 0.818. The van der Waals surface area contributed by atoms with Gasteiger partial charge in [-0.05, 0) is 12.1 Å². The molecule has 3 heterocycles. The monoisotopic (exact) mass is 340 g/mol. The van der Waals surface area contributed by atoms with Crippen molar-refractivity contribution in [1.82, 2.24) is 29.4 Å². The van der Waals surface area contributed by atoms with E-state index in [2.05, 4.69) is 20.3 Å². The molecule has 0 spiro atoms. The molecule has 24 heavy (non-hydrogen) atoms. The molecule has 9 heteroatoms. The number of H-pyrrole nitrogens is 1. The Balaban J connectivity index is 1.95. The quantitative estimate of drug-likeness (QED) is 0.593. The van der Waals surface area contributed by atoms with E-state index >= 15 is 0 Å². The van der Waals surface area contributed by atoms with E-state index < -0.39 is 11.2 Å². The van der Waals surface area contributed by atoms with E-state index in [0.717, 1.165) is 10.1 Å². The van der Waals surface area contributed by atoms with Gasteiger partial charge in [0.15, 0.2) is 17.3 Å². The molecule has 4 rings (SSSR count). The fourth-order valence-electron chi connectivity index (χ4n) is 2.29. The van der Waals surface area contributed by atoms with Crippen LogP contribution in [-0.4, -0.2) is 29.4 Å². The van der Waals surface area contributed by atoms with Gasteiger partial charge in [0.2, 0.25) is 0 Å². The first-order chi connectivity index (χ1) is 11.6. The standard InChI is InChI=1S/C15H9ClN6O2/c16-10-8-21(15(24)17-14(10)23)12-7-6-11-18-19-13(22(11)20-12)9-4-2-1-3-5-9/h1-8H,(H,17,23,24). The molecule has 118 valence electrons. The van der Waals surface area contributed by atoms with Crippen molar-refractivity contribution in [3.8, 4) is 17.2 Å². The molecule has 0 amide bonds. The lowest BCUT2D eigenvalue weighted by Crippen LogP contribution is -2.29. The van der Waals surface area contributed by atoms with Crippen LogP contribution in [0.2, 0.25) is 5.02 Å². The van der Waals surface area contributed by atoms with Crippen LogP contribution in [0, 0.1) is 0 Å². The van der Waals surface area contributed by atoms with Gasteiger partial charge in [-0.3, -0.25) is 9.78 Å². The predicted molar refractivity (Wildman–Crippen MR) is 87.4 cm³/mol. The Hall–Kier alpha value is -3.26. The van der Waals surface area contributed by atoms with Gasteiger partial charge >= 0.3 is 5.69 Å². The molecule has 0 aliphatic rings. The molecule has 1 aromatic carbocycles. The Morgan fingerprint density at radius 3 is 2.58 bits per heavy atom. The Morgan fingerprint density at radius 2 is 1.79 bits per heavy atom. The van der Waals surface area contributed by atoms with Crippen LogP contribution >= 0.6 is 11.6 Å². The molecule has 0 aliphatic heterocycles. The zero-order chi connectivity index (χ0) is 16.7. The molecule has 0 bridgehead atoms. The Morgan fingerprint density at radius 1 is 1.00 bits per heavy atom. The van der Waals surface area contributed by atoms with Gasteiger partial charge in [-0.2, -0.15) is 4.52 Å². The van der Waals surface area contributed by atoms with Gasteiger partial charge in [-0.1, -0.05) is 41.9 Å².